The Balaban J connectivity index is 1.32. The van der Waals surface area contributed by atoms with E-state index in [2.05, 4.69) is 29.6 Å². The van der Waals surface area contributed by atoms with Gasteiger partial charge < -0.3 is 15.0 Å². The first-order chi connectivity index (χ1) is 13.1. The molecule has 4 rings (SSSR count). The van der Waals surface area contributed by atoms with Crippen LogP contribution in [0.2, 0.25) is 0 Å². The summed E-state index contributed by atoms with van der Waals surface area (Å²) in [4.78, 5) is 26.8. The van der Waals surface area contributed by atoms with E-state index in [-0.39, 0.29) is 23.9 Å². The minimum atomic E-state index is -0.105. The van der Waals surface area contributed by atoms with Gasteiger partial charge in [-0.05, 0) is 41.7 Å². The fourth-order valence-corrected chi connectivity index (χ4v) is 4.14. The highest BCUT2D eigenvalue weighted by Crippen LogP contribution is 2.28. The van der Waals surface area contributed by atoms with Gasteiger partial charge in [0, 0.05) is 19.0 Å². The predicted molar refractivity (Wildman–Crippen MR) is 103 cm³/mol. The van der Waals surface area contributed by atoms with Crippen LogP contribution in [0.5, 0.6) is 5.75 Å². The van der Waals surface area contributed by atoms with Gasteiger partial charge in [0.2, 0.25) is 11.8 Å². The number of carbonyl (C=O) groups is 2. The largest absolute Gasteiger partial charge is 0.497 e. The molecule has 1 atom stereocenters. The molecule has 27 heavy (non-hydrogen) atoms. The molecule has 0 radical (unpaired) electrons. The molecular formula is C22H24N2O3. The second-order valence-corrected chi connectivity index (χ2v) is 7.37. The van der Waals surface area contributed by atoms with Gasteiger partial charge in [-0.3, -0.25) is 9.59 Å². The van der Waals surface area contributed by atoms with Gasteiger partial charge in [-0.1, -0.05) is 36.4 Å². The third-order valence-corrected chi connectivity index (χ3v) is 5.52. The highest BCUT2D eigenvalue weighted by molar-refractivity contribution is 5.83. The Morgan fingerprint density at radius 3 is 2.37 bits per heavy atom. The van der Waals surface area contributed by atoms with Crippen LogP contribution in [0.3, 0.4) is 0 Å². The average Bonchev–Trinajstić information content (AvgIpc) is 3.25. The third-order valence-electron chi connectivity index (χ3n) is 5.52. The van der Waals surface area contributed by atoms with Crippen LogP contribution in [-0.4, -0.2) is 42.5 Å². The van der Waals surface area contributed by atoms with Crippen molar-refractivity contribution in [2.45, 2.75) is 37.8 Å². The van der Waals surface area contributed by atoms with Gasteiger partial charge in [0.1, 0.15) is 5.75 Å². The molecule has 2 aromatic rings. The summed E-state index contributed by atoms with van der Waals surface area (Å²) < 4.78 is 5.13. The number of likely N-dealkylation sites (tertiary alicyclic amines) is 1. The molecule has 5 heteroatoms. The number of carbonyl (C=O) groups excluding carboxylic acids is 2. The summed E-state index contributed by atoms with van der Waals surface area (Å²) in [6.45, 7) is 0.603. The molecule has 1 fully saturated rings. The second-order valence-electron chi connectivity index (χ2n) is 7.37. The molecule has 0 aromatic heterocycles. The Kier molecular flexibility index (Phi) is 4.84. The molecule has 140 valence electrons. The van der Waals surface area contributed by atoms with Crippen molar-refractivity contribution in [3.63, 3.8) is 0 Å². The van der Waals surface area contributed by atoms with E-state index in [0.29, 0.717) is 19.4 Å². The van der Waals surface area contributed by atoms with Crippen molar-refractivity contribution in [2.75, 3.05) is 13.7 Å². The molecular weight excluding hydrogens is 340 g/mol. The van der Waals surface area contributed by atoms with Gasteiger partial charge >= 0.3 is 0 Å². The number of nitrogens with zero attached hydrogens (tertiary/aromatic N) is 1. The number of benzene rings is 2. The van der Waals surface area contributed by atoms with Crippen LogP contribution in [0, 0.1) is 0 Å². The highest BCUT2D eigenvalue weighted by atomic mass is 16.5. The molecule has 1 heterocycles. The van der Waals surface area contributed by atoms with E-state index in [1.165, 1.54) is 11.1 Å². The zero-order valence-corrected chi connectivity index (χ0v) is 15.5. The summed E-state index contributed by atoms with van der Waals surface area (Å²) in [5.74, 6) is 0.867. The van der Waals surface area contributed by atoms with Crippen LogP contribution < -0.4 is 10.1 Å². The lowest BCUT2D eigenvalue weighted by molar-refractivity contribution is -0.129. The first-order valence-electron chi connectivity index (χ1n) is 9.41. The van der Waals surface area contributed by atoms with Gasteiger partial charge in [-0.15, -0.1) is 0 Å². The molecule has 1 N–H and O–H groups in total. The zero-order chi connectivity index (χ0) is 18.8. The molecule has 1 aliphatic heterocycles. The molecule has 1 saturated heterocycles. The van der Waals surface area contributed by atoms with E-state index in [1.807, 2.05) is 29.2 Å². The second kappa shape index (κ2) is 7.43. The van der Waals surface area contributed by atoms with E-state index in [4.69, 9.17) is 4.74 Å². The van der Waals surface area contributed by atoms with Crippen LogP contribution >= 0.6 is 0 Å². The lowest BCUT2D eigenvalue weighted by atomic mass is 10.1. The number of rotatable bonds is 5. The number of amides is 2. The number of hydrogen-bond donors (Lipinski definition) is 1. The monoisotopic (exact) mass is 364 g/mol. The Labute approximate surface area is 159 Å². The van der Waals surface area contributed by atoms with E-state index < -0.39 is 0 Å². The van der Waals surface area contributed by atoms with Crippen LogP contribution in [-0.2, 0) is 28.9 Å². The van der Waals surface area contributed by atoms with Gasteiger partial charge in [-0.25, -0.2) is 0 Å². The molecule has 0 unspecified atom stereocenters. The van der Waals surface area contributed by atoms with E-state index in [1.54, 1.807) is 7.11 Å². The van der Waals surface area contributed by atoms with Crippen molar-refractivity contribution in [1.82, 2.24) is 10.2 Å². The van der Waals surface area contributed by atoms with Crippen molar-refractivity contribution in [2.24, 2.45) is 0 Å². The fourth-order valence-electron chi connectivity index (χ4n) is 4.14. The quantitative estimate of drug-likeness (QED) is 0.884. The Hall–Kier alpha value is -2.82. The van der Waals surface area contributed by atoms with Gasteiger partial charge in [0.15, 0.2) is 0 Å². The van der Waals surface area contributed by atoms with Crippen LogP contribution in [0.1, 0.15) is 23.1 Å². The lowest BCUT2D eigenvalue weighted by Gasteiger charge is -2.24. The van der Waals surface area contributed by atoms with Gasteiger partial charge in [0.25, 0.3) is 0 Å². The smallest absolute Gasteiger partial charge is 0.225 e. The van der Waals surface area contributed by atoms with Gasteiger partial charge in [0.05, 0.1) is 19.6 Å². The summed E-state index contributed by atoms with van der Waals surface area (Å²) in [6.07, 6.45) is 2.52. The normalized spacial score (nSPS) is 19.2. The molecule has 0 spiro atoms. The van der Waals surface area contributed by atoms with E-state index in [0.717, 1.165) is 24.2 Å². The maximum Gasteiger partial charge on any atom is 0.225 e. The van der Waals surface area contributed by atoms with E-state index in [9.17, 15) is 9.59 Å². The molecule has 1 aliphatic carbocycles. The number of nitrogens with one attached hydrogen (secondary N) is 1. The molecule has 2 aliphatic rings. The van der Waals surface area contributed by atoms with Gasteiger partial charge in [-0.2, -0.15) is 0 Å². The molecule has 0 saturated carbocycles. The third kappa shape index (κ3) is 3.82. The lowest BCUT2D eigenvalue weighted by Crippen LogP contribution is -2.41. The summed E-state index contributed by atoms with van der Waals surface area (Å²) in [7, 11) is 1.62. The SMILES string of the molecule is COc1ccc(CC(=O)N[C@H]2CC(=O)N(C3Cc4ccccc4C3)C2)cc1. The standard InChI is InChI=1S/C22H24N2O3/c1-27-20-8-6-15(7-9-20)10-21(25)23-18-13-22(26)24(14-18)19-11-16-4-2-3-5-17(16)12-19/h2-9,18-19H,10-14H2,1H3,(H,23,25)/t18-/m0/s1. The first-order valence-corrected chi connectivity index (χ1v) is 9.41. The topological polar surface area (TPSA) is 58.6 Å². The summed E-state index contributed by atoms with van der Waals surface area (Å²) in [5, 5.41) is 3.03. The number of ether oxygens (including phenoxy) is 1. The van der Waals surface area contributed by atoms with Crippen molar-refractivity contribution in [1.29, 1.82) is 0 Å². The van der Waals surface area contributed by atoms with Crippen LogP contribution in [0.4, 0.5) is 0 Å². The summed E-state index contributed by atoms with van der Waals surface area (Å²) >= 11 is 0. The van der Waals surface area contributed by atoms with Crippen molar-refractivity contribution >= 4 is 11.8 Å². The average molecular weight is 364 g/mol. The Morgan fingerprint density at radius 1 is 1.07 bits per heavy atom. The van der Waals surface area contributed by atoms with Crippen molar-refractivity contribution in [3.05, 3.63) is 65.2 Å². The molecule has 2 aromatic carbocycles. The van der Waals surface area contributed by atoms with Crippen molar-refractivity contribution in [3.8, 4) is 5.75 Å². The number of methoxy groups -OCH3 is 1. The Morgan fingerprint density at radius 2 is 1.74 bits per heavy atom. The maximum absolute atomic E-state index is 12.5. The summed E-state index contributed by atoms with van der Waals surface area (Å²) in [5.41, 5.74) is 3.60. The fraction of sp³-hybridized carbons (Fsp3) is 0.364. The maximum atomic E-state index is 12.5. The minimum Gasteiger partial charge on any atom is -0.497 e. The minimum absolute atomic E-state index is 0.0467. The molecule has 0 bridgehead atoms. The molecule has 2 amide bonds. The predicted octanol–water partition coefficient (Wildman–Crippen LogP) is 2.12. The number of fused-ring (bicyclic) bond motifs is 1. The Bertz CT molecular complexity index is 822. The number of hydrogen-bond acceptors (Lipinski definition) is 3. The first kappa shape index (κ1) is 17.6. The zero-order valence-electron chi connectivity index (χ0n) is 15.5. The van der Waals surface area contributed by atoms with Crippen molar-refractivity contribution < 1.29 is 14.3 Å². The van der Waals surface area contributed by atoms with E-state index >= 15 is 0 Å². The van der Waals surface area contributed by atoms with Crippen LogP contribution in [0.25, 0.3) is 0 Å². The highest BCUT2D eigenvalue weighted by Gasteiger charge is 2.37. The molecule has 5 nitrogen and oxygen atoms in total. The summed E-state index contributed by atoms with van der Waals surface area (Å²) in [6, 6.07) is 16.0. The van der Waals surface area contributed by atoms with Crippen LogP contribution in [0.15, 0.2) is 48.5 Å².